The summed E-state index contributed by atoms with van der Waals surface area (Å²) >= 11 is 0. The maximum Gasteiger partial charge on any atom is 0.341 e. The summed E-state index contributed by atoms with van der Waals surface area (Å²) in [5.41, 5.74) is 0.457. The number of carboxylic acids is 1. The van der Waals surface area contributed by atoms with Crippen LogP contribution in [0.2, 0.25) is 0 Å². The molecule has 1 heterocycles. The number of carbonyl (C=O) groups excluding carboxylic acids is 1. The molecule has 3 rings (SSSR count). The molecule has 0 aliphatic rings. The first-order valence-corrected chi connectivity index (χ1v) is 11.4. The zero-order chi connectivity index (χ0) is 26.1. The minimum absolute atomic E-state index is 0.214. The van der Waals surface area contributed by atoms with Crippen LogP contribution in [0.3, 0.4) is 0 Å². The summed E-state index contributed by atoms with van der Waals surface area (Å²) < 4.78 is 73.0. The first-order valence-electron chi connectivity index (χ1n) is 9.98. The lowest BCUT2D eigenvalue weighted by molar-refractivity contribution is -0.135. The van der Waals surface area contributed by atoms with E-state index in [0.717, 1.165) is 17.7 Å². The molecule has 0 saturated heterocycles. The first kappa shape index (κ1) is 25.7. The molecule has 0 spiro atoms. The van der Waals surface area contributed by atoms with Gasteiger partial charge in [-0.15, -0.1) is 0 Å². The molecule has 0 amide bonds. The van der Waals surface area contributed by atoms with Gasteiger partial charge in [0.2, 0.25) is 0 Å². The third-order valence-electron chi connectivity index (χ3n) is 4.78. The van der Waals surface area contributed by atoms with Crippen LogP contribution < -0.4 is 9.50 Å². The summed E-state index contributed by atoms with van der Waals surface area (Å²) in [5, 5.41) is 11.3. The van der Waals surface area contributed by atoms with E-state index in [1.54, 1.807) is 19.1 Å². The number of carboxylic acid groups (broad SMARTS) is 1. The third-order valence-corrected chi connectivity index (χ3v) is 6.30. The van der Waals surface area contributed by atoms with Gasteiger partial charge in [0, 0.05) is 6.07 Å². The number of ketones is 1. The molecule has 0 fully saturated rings. The topological polar surface area (TPSA) is 123 Å². The summed E-state index contributed by atoms with van der Waals surface area (Å²) in [6.45, 7) is 4.81. The van der Waals surface area contributed by atoms with Crippen LogP contribution in [0.4, 0.5) is 24.7 Å². The van der Waals surface area contributed by atoms with E-state index in [4.69, 9.17) is 9.29 Å². The fourth-order valence-corrected chi connectivity index (χ4v) is 4.81. The average Bonchev–Trinajstić information content (AvgIpc) is 2.70. The second-order valence-corrected chi connectivity index (χ2v) is 9.16. The quantitative estimate of drug-likeness (QED) is 0.257. The van der Waals surface area contributed by atoms with Crippen molar-refractivity contribution in [3.05, 3.63) is 76.1 Å². The summed E-state index contributed by atoms with van der Waals surface area (Å²) in [6.07, 6.45) is -1.05. The van der Waals surface area contributed by atoms with Gasteiger partial charge in [0.25, 0.3) is 5.88 Å². The fourth-order valence-electron chi connectivity index (χ4n) is 3.50. The molecule has 0 atom stereocenters. The molecule has 2 aromatic carbocycles. The van der Waals surface area contributed by atoms with Crippen LogP contribution in [0, 0.1) is 38.2 Å². The fraction of sp³-hybridized carbons (Fsp3) is 0.174. The molecule has 1 aromatic heterocycles. The van der Waals surface area contributed by atoms with Crippen molar-refractivity contribution < 1.29 is 40.5 Å². The van der Waals surface area contributed by atoms with E-state index >= 15 is 0 Å². The van der Waals surface area contributed by atoms with Crippen molar-refractivity contribution in [1.29, 1.82) is 0 Å². The van der Waals surface area contributed by atoms with Crippen LogP contribution in [-0.4, -0.2) is 30.3 Å². The molecule has 0 bridgehead atoms. The molecule has 3 aromatic rings. The number of aliphatic carboxylic acids is 1. The molecule has 184 valence electrons. The monoisotopic (exact) mass is 508 g/mol. The molecule has 0 aliphatic heterocycles. The smallest absolute Gasteiger partial charge is 0.341 e. The van der Waals surface area contributed by atoms with Crippen LogP contribution in [0.15, 0.2) is 41.3 Å². The lowest BCUT2D eigenvalue weighted by Crippen LogP contribution is -2.17. The number of nitrogens with one attached hydrogen (secondary N) is 1. The Balaban J connectivity index is 2.11. The van der Waals surface area contributed by atoms with Gasteiger partial charge in [-0.25, -0.2) is 13.2 Å². The molecule has 0 unspecified atom stereocenters. The Morgan fingerprint density at radius 2 is 1.63 bits per heavy atom. The van der Waals surface area contributed by atoms with Crippen LogP contribution in [0.1, 0.15) is 33.5 Å². The van der Waals surface area contributed by atoms with Gasteiger partial charge in [0.05, 0.1) is 11.3 Å². The number of halogens is 3. The highest BCUT2D eigenvalue weighted by Gasteiger charge is 2.27. The van der Waals surface area contributed by atoms with Crippen molar-refractivity contribution in [2.24, 2.45) is 0 Å². The zero-order valence-electron chi connectivity index (χ0n) is 18.6. The van der Waals surface area contributed by atoms with E-state index in [-0.39, 0.29) is 4.90 Å². The predicted octanol–water partition coefficient (Wildman–Crippen LogP) is 4.59. The number of carbonyl (C=O) groups is 2. The van der Waals surface area contributed by atoms with Gasteiger partial charge in [-0.3, -0.25) is 9.59 Å². The van der Waals surface area contributed by atoms with Gasteiger partial charge in [0.15, 0.2) is 11.6 Å². The van der Waals surface area contributed by atoms with E-state index in [1.807, 2.05) is 0 Å². The molecular weight excluding hydrogens is 489 g/mol. The van der Waals surface area contributed by atoms with Gasteiger partial charge in [-0.1, -0.05) is 17.7 Å². The van der Waals surface area contributed by atoms with Crippen LogP contribution in [-0.2, 0) is 14.9 Å². The highest BCUT2D eigenvalue weighted by atomic mass is 32.2. The van der Waals surface area contributed by atoms with Crippen LogP contribution in [0.25, 0.3) is 0 Å². The Bertz CT molecular complexity index is 1430. The van der Waals surface area contributed by atoms with Crippen LogP contribution >= 0.6 is 0 Å². The maximum absolute atomic E-state index is 14.8. The van der Waals surface area contributed by atoms with E-state index in [1.165, 1.54) is 13.8 Å². The number of hydrogen-bond donors (Lipinski definition) is 2. The van der Waals surface area contributed by atoms with Crippen molar-refractivity contribution in [1.82, 2.24) is 4.98 Å². The second kappa shape index (κ2) is 9.74. The molecule has 0 radical (unpaired) electrons. The third kappa shape index (κ3) is 5.77. The van der Waals surface area contributed by atoms with Crippen molar-refractivity contribution in [3.63, 3.8) is 0 Å². The van der Waals surface area contributed by atoms with E-state index in [0.29, 0.717) is 23.3 Å². The normalized spacial score (nSPS) is 11.3. The van der Waals surface area contributed by atoms with Crippen molar-refractivity contribution in [2.45, 2.75) is 32.1 Å². The van der Waals surface area contributed by atoms with Gasteiger partial charge < -0.3 is 14.6 Å². The maximum atomic E-state index is 14.8. The number of pyridine rings is 1. The number of anilines is 2. The minimum atomic E-state index is -4.60. The SMILES string of the molecule is Cc1cc(C)c(S(=O)(=O)Oc2nc(Nc3ccc(F)cc3F)c(C(=O)CC(=O)O)cc2F)c(C)c1. The second-order valence-electron chi connectivity index (χ2n) is 7.68. The van der Waals surface area contributed by atoms with E-state index in [9.17, 15) is 31.2 Å². The molecule has 12 heteroatoms. The number of rotatable bonds is 8. The Morgan fingerprint density at radius 1 is 1.00 bits per heavy atom. The van der Waals surface area contributed by atoms with Gasteiger partial charge in [-0.2, -0.15) is 13.4 Å². The molecular formula is C23H19F3N2O6S. The summed E-state index contributed by atoms with van der Waals surface area (Å²) in [6, 6.07) is 6.07. The largest absolute Gasteiger partial charge is 0.481 e. The number of aryl methyl sites for hydroxylation is 3. The van der Waals surface area contributed by atoms with Crippen LogP contribution in [0.5, 0.6) is 5.88 Å². The Hall–Kier alpha value is -3.93. The predicted molar refractivity (Wildman–Crippen MR) is 119 cm³/mol. The first-order chi connectivity index (χ1) is 16.3. The van der Waals surface area contributed by atoms with E-state index < -0.39 is 68.7 Å². The Kier molecular flexibility index (Phi) is 7.15. The lowest BCUT2D eigenvalue weighted by atomic mass is 10.1. The van der Waals surface area contributed by atoms with E-state index in [2.05, 4.69) is 10.3 Å². The summed E-state index contributed by atoms with van der Waals surface area (Å²) in [5.74, 6) is -7.67. The minimum Gasteiger partial charge on any atom is -0.481 e. The van der Waals surface area contributed by atoms with Crippen molar-refractivity contribution in [2.75, 3.05) is 5.32 Å². The Labute approximate surface area is 198 Å². The highest BCUT2D eigenvalue weighted by Crippen LogP contribution is 2.31. The molecule has 35 heavy (non-hydrogen) atoms. The standard InChI is InChI=1S/C23H19F3N2O6S/c1-11-6-12(2)21(13(3)7-11)35(32,33)34-23-17(26)9-15(19(29)10-20(30)31)22(28-23)27-18-5-4-14(24)8-16(18)25/h4-9H,10H2,1-3H3,(H,27,28)(H,30,31). The number of benzene rings is 2. The highest BCUT2D eigenvalue weighted by molar-refractivity contribution is 7.87. The number of nitrogens with zero attached hydrogens (tertiary/aromatic N) is 1. The molecule has 2 N–H and O–H groups in total. The number of Topliss-reactive ketones (excluding diaryl/α,β-unsaturated/α-hetero) is 1. The average molecular weight is 508 g/mol. The number of hydrogen-bond acceptors (Lipinski definition) is 7. The van der Waals surface area contributed by atoms with Gasteiger partial charge in [-0.05, 0) is 50.1 Å². The zero-order valence-corrected chi connectivity index (χ0v) is 19.5. The van der Waals surface area contributed by atoms with Crippen molar-refractivity contribution in [3.8, 4) is 5.88 Å². The molecule has 0 saturated carbocycles. The Morgan fingerprint density at radius 3 is 2.20 bits per heavy atom. The van der Waals surface area contributed by atoms with Crippen molar-refractivity contribution >= 4 is 33.4 Å². The van der Waals surface area contributed by atoms with Gasteiger partial charge >= 0.3 is 16.1 Å². The number of aromatic nitrogens is 1. The summed E-state index contributed by atoms with van der Waals surface area (Å²) in [7, 11) is -4.60. The lowest BCUT2D eigenvalue weighted by Gasteiger charge is -2.15. The molecule has 0 aliphatic carbocycles. The summed E-state index contributed by atoms with van der Waals surface area (Å²) in [4.78, 5) is 26.8. The molecule has 8 nitrogen and oxygen atoms in total. The van der Waals surface area contributed by atoms with Gasteiger partial charge in [0.1, 0.15) is 28.8 Å².